The molecular weight excluding hydrogens is 1220 g/mol. The number of nitrogens with two attached hydrogens (primary N) is 1. The number of benzene rings is 2. The number of hydrogen-bond acceptors (Lipinski definition) is 16. The Morgan fingerprint density at radius 3 is 2.36 bits per heavy atom. The normalized spacial score (nSPS) is 24.0. The van der Waals surface area contributed by atoms with Crippen molar-refractivity contribution in [2.45, 2.75) is 153 Å². The highest BCUT2D eigenvalue weighted by atomic mass is 79.9. The number of halogens is 2. The summed E-state index contributed by atoms with van der Waals surface area (Å²) in [5.41, 5.74) is 3.92. The third-order valence-electron chi connectivity index (χ3n) is 15.7. The number of primary amides is 1. The number of aromatic hydroxyl groups is 1. The number of carbonyl (C=O) groups excluding carboxylic acids is 9. The van der Waals surface area contributed by atoms with E-state index in [1.165, 1.54) is 52.3 Å². The number of rotatable bonds is 24. The summed E-state index contributed by atoms with van der Waals surface area (Å²) in [6, 6.07) is 2.62. The number of amides is 9. The Balaban J connectivity index is 1.32. The van der Waals surface area contributed by atoms with Crippen LogP contribution in [0.15, 0.2) is 66.3 Å². The Bertz CT molecular complexity index is 2960. The van der Waals surface area contributed by atoms with Crippen LogP contribution in [0, 0.1) is 11.8 Å². The van der Waals surface area contributed by atoms with Gasteiger partial charge in [0.1, 0.15) is 58.6 Å². The third-order valence-corrected chi connectivity index (χ3v) is 16.7. The van der Waals surface area contributed by atoms with E-state index in [0.29, 0.717) is 54.6 Å². The molecule has 0 unspecified atom stereocenters. The Kier molecular flexibility index (Phi) is 25.6. The minimum absolute atomic E-state index is 0.0244. The summed E-state index contributed by atoms with van der Waals surface area (Å²) in [5.74, 6) is -5.74. The second-order valence-electron chi connectivity index (χ2n) is 22.6. The first-order valence-corrected chi connectivity index (χ1v) is 30.1. The van der Waals surface area contributed by atoms with Gasteiger partial charge in [-0.25, -0.2) is 14.4 Å². The molecule has 10 atom stereocenters. The fourth-order valence-corrected chi connectivity index (χ4v) is 10.7. The van der Waals surface area contributed by atoms with E-state index in [2.05, 4.69) is 54.4 Å². The summed E-state index contributed by atoms with van der Waals surface area (Å²) in [5, 5.41) is 39.3. The quantitative estimate of drug-likeness (QED) is 0.0163. The van der Waals surface area contributed by atoms with Crippen LogP contribution in [0.5, 0.6) is 11.5 Å². The number of likely N-dealkylation sites (N-methyl/N-ethyl adjacent to an activating group) is 1. The Hall–Kier alpha value is -7.26. The molecule has 27 heteroatoms. The van der Waals surface area contributed by atoms with E-state index in [-0.39, 0.29) is 54.4 Å². The number of phenolic OH excluding ortho intramolecular Hbond substituents is 1. The maximum absolute atomic E-state index is 14.5. The van der Waals surface area contributed by atoms with Crippen molar-refractivity contribution in [2.24, 2.45) is 17.6 Å². The van der Waals surface area contributed by atoms with Crippen LogP contribution < -0.4 is 47.3 Å². The Morgan fingerprint density at radius 2 is 1.71 bits per heavy atom. The average molecular weight is 1300 g/mol. The number of anilines is 2. The van der Waals surface area contributed by atoms with Crippen molar-refractivity contribution in [3.8, 4) is 11.5 Å². The highest BCUT2D eigenvalue weighted by Gasteiger charge is 2.64. The minimum Gasteiger partial charge on any atom is -0.506 e. The molecule has 87 heavy (non-hydrogen) atoms. The van der Waals surface area contributed by atoms with Crippen molar-refractivity contribution in [1.29, 1.82) is 0 Å². The fraction of sp³-hybridized carbons (Fsp3) is 0.550. The van der Waals surface area contributed by atoms with Crippen LogP contribution in [-0.4, -0.2) is 169 Å². The van der Waals surface area contributed by atoms with Crippen molar-refractivity contribution >= 4 is 92.4 Å². The second kappa shape index (κ2) is 31.6. The zero-order chi connectivity index (χ0) is 64.7. The smallest absolute Gasteiger partial charge is 0.409 e. The van der Waals surface area contributed by atoms with Gasteiger partial charge >= 0.3 is 18.1 Å². The van der Waals surface area contributed by atoms with Crippen LogP contribution in [0.3, 0.4) is 0 Å². The molecule has 2 aromatic carbocycles. The number of nitrogens with zero attached hydrogens (tertiary/aromatic N) is 2. The van der Waals surface area contributed by atoms with E-state index in [0.717, 1.165) is 22.1 Å². The Labute approximate surface area is 520 Å². The van der Waals surface area contributed by atoms with Gasteiger partial charge in [-0.3, -0.25) is 34.1 Å². The van der Waals surface area contributed by atoms with Crippen molar-refractivity contribution in [1.82, 2.24) is 31.5 Å². The first-order chi connectivity index (χ1) is 41.0. The number of nitrogens with one attached hydrogen (secondary N) is 6. The molecule has 3 aliphatic rings. The molecule has 3 heterocycles. The largest absolute Gasteiger partial charge is 0.506 e. The van der Waals surface area contributed by atoms with Gasteiger partial charge in [-0.1, -0.05) is 85.1 Å². The van der Waals surface area contributed by atoms with Gasteiger partial charge in [0.15, 0.2) is 5.72 Å². The van der Waals surface area contributed by atoms with Gasteiger partial charge in [-0.15, -0.1) is 0 Å². The number of unbranched alkanes of at least 4 members (excludes halogenated alkanes) is 2. The van der Waals surface area contributed by atoms with Gasteiger partial charge in [-0.2, -0.15) is 0 Å². The lowest BCUT2D eigenvalue weighted by molar-refractivity contribution is -0.158. The molecular formula is C60H83BrClN9O16. The minimum atomic E-state index is -1.93. The average Bonchev–Trinajstić information content (AvgIpc) is 1.59. The number of allylic oxidation sites excluding steroid dienone is 3. The fourth-order valence-electron chi connectivity index (χ4n) is 10.2. The summed E-state index contributed by atoms with van der Waals surface area (Å²) in [7, 11) is 5.67. The molecule has 9 amide bonds. The van der Waals surface area contributed by atoms with Gasteiger partial charge in [0, 0.05) is 69.5 Å². The van der Waals surface area contributed by atoms with Crippen LogP contribution >= 0.6 is 27.5 Å². The van der Waals surface area contributed by atoms with Gasteiger partial charge in [0.05, 0.1) is 31.0 Å². The number of ether oxygens (including phenoxy) is 5. The lowest BCUT2D eigenvalue weighted by atomic mass is 9.83. The molecule has 10 N–H and O–H groups in total. The predicted octanol–water partition coefficient (Wildman–Crippen LogP) is 5.17. The first kappa shape index (κ1) is 70.5. The molecule has 0 spiro atoms. The molecule has 5 rings (SSSR count). The molecule has 478 valence electrons. The van der Waals surface area contributed by atoms with E-state index in [1.807, 2.05) is 13.0 Å². The second-order valence-corrected chi connectivity index (χ2v) is 23.6. The van der Waals surface area contributed by atoms with Crippen molar-refractivity contribution < 1.29 is 77.0 Å². The number of aliphatic hydroxyl groups is 1. The molecule has 0 aliphatic carbocycles. The molecule has 4 bridgehead atoms. The number of methoxy groups -OCH3 is 2. The van der Waals surface area contributed by atoms with Gasteiger partial charge < -0.3 is 76.0 Å². The van der Waals surface area contributed by atoms with Crippen molar-refractivity contribution in [3.05, 3.63) is 82.4 Å². The van der Waals surface area contributed by atoms with Gasteiger partial charge in [0.2, 0.25) is 29.5 Å². The van der Waals surface area contributed by atoms with E-state index in [4.69, 9.17) is 41.0 Å². The zero-order valence-electron chi connectivity index (χ0n) is 50.8. The molecule has 0 saturated carbocycles. The number of phenols is 1. The van der Waals surface area contributed by atoms with E-state index >= 15 is 0 Å². The monoisotopic (exact) mass is 1300 g/mol. The molecule has 3 aliphatic heterocycles. The lowest BCUT2D eigenvalue weighted by Gasteiger charge is -2.42. The standard InChI is InChI=1S/C60H83BrClN9O16/c1-32(2)50(68-47(73)20-13-12-14-23-64-52(75)34(4)31-61)54(77)67-40(18-16-24-65-57(63)80)53(76)66-39-22-21-38(28-42(39)72)55(78)70(8)36(6)56(79)86-46-29-48(74)71(9)41-26-37(27-43(83-10)49(41)62)25-33(3)17-15-19-45(84-11)60(82)30-44(85-58(81)69-60)35(5)51-59(46,7)87-51/h15,17,19,21-22,26-28,32,35-36,40,44-46,50-51,72,82H,4,12-14,16,18,20,23-25,29-31H2,1-3,5-11H3,(H,64,75)(H,66,76)(H,67,77)(H,68,73)(H,69,81)(H3,63,65,80)/b19-15+,33-17+/t35-,36+,40+,44+,45-,46+,50+,51+,59+,60+/m1/s1. The lowest BCUT2D eigenvalue weighted by Crippen LogP contribution is -2.63. The van der Waals surface area contributed by atoms with Crippen LogP contribution in [0.4, 0.5) is 21.0 Å². The summed E-state index contributed by atoms with van der Waals surface area (Å²) in [6.45, 7) is 14.2. The van der Waals surface area contributed by atoms with Crippen LogP contribution in [0.1, 0.15) is 109 Å². The molecule has 2 saturated heterocycles. The van der Waals surface area contributed by atoms with E-state index in [9.17, 15) is 53.4 Å². The number of fused-ring (bicyclic) bond motifs is 5. The highest BCUT2D eigenvalue weighted by molar-refractivity contribution is 9.09. The molecule has 2 fully saturated rings. The number of urea groups is 1. The van der Waals surface area contributed by atoms with Gasteiger partial charge in [-0.05, 0) is 94.7 Å². The number of alkyl carbamates (subject to hydrolysis) is 1. The summed E-state index contributed by atoms with van der Waals surface area (Å²) < 4.78 is 29.5. The number of carbonyl (C=O) groups is 9. The van der Waals surface area contributed by atoms with Crippen molar-refractivity contribution in [2.75, 3.05) is 57.0 Å². The van der Waals surface area contributed by atoms with Crippen LogP contribution in [0.2, 0.25) is 5.02 Å². The van der Waals surface area contributed by atoms with E-state index < -0.39 is 126 Å². The topological polar surface area (TPSA) is 348 Å². The Morgan fingerprint density at radius 1 is 1.01 bits per heavy atom. The maximum Gasteiger partial charge on any atom is 0.409 e. The summed E-state index contributed by atoms with van der Waals surface area (Å²) in [4.78, 5) is 123. The SMILES string of the molecule is C=C(CBr)C(=O)NCCCCCC(=O)N[C@H](C(=O)N[C@@H](CCCNC(N)=O)C(=O)Nc1ccc(C(=O)N(C)[C@@H](C)C(=O)O[C@H]2CC(=O)N(C)c3cc(cc(OC)c3Cl)C/C(C)=C/C=C/[C@@H](OC)[C@@]3(O)C[C@H](OC(=O)N3)[C@@H](C)[C@@H]3O[C@@]23C)cc1O)C(C)C. The maximum atomic E-state index is 14.5. The number of alkyl halides is 1. The molecule has 0 aromatic heterocycles. The predicted molar refractivity (Wildman–Crippen MR) is 327 cm³/mol. The highest BCUT2D eigenvalue weighted by Crippen LogP contribution is 2.49. The van der Waals surface area contributed by atoms with Crippen LogP contribution in [-0.2, 0) is 54.1 Å². The molecule has 25 nitrogen and oxygen atoms in total. The zero-order valence-corrected chi connectivity index (χ0v) is 53.2. The molecule has 0 radical (unpaired) electrons. The first-order valence-electron chi connectivity index (χ1n) is 28.6. The molecule has 2 aromatic rings. The summed E-state index contributed by atoms with van der Waals surface area (Å²) >= 11 is 10.0. The van der Waals surface area contributed by atoms with E-state index in [1.54, 1.807) is 52.0 Å². The van der Waals surface area contributed by atoms with Gasteiger partial charge in [0.25, 0.3) is 5.91 Å². The summed E-state index contributed by atoms with van der Waals surface area (Å²) in [6.07, 6.45) is 1.79. The number of hydrogen-bond donors (Lipinski definition) is 9. The number of epoxide rings is 1. The number of esters is 1. The van der Waals surface area contributed by atoms with Crippen LogP contribution in [0.25, 0.3) is 0 Å². The third kappa shape index (κ3) is 18.9. The van der Waals surface area contributed by atoms with Crippen molar-refractivity contribution in [3.63, 3.8) is 0 Å².